The van der Waals surface area contributed by atoms with Gasteiger partial charge in [-0.05, 0) is 25.2 Å². The Hall–Kier alpha value is -1.24. The highest BCUT2D eigenvalue weighted by Gasteiger charge is 2.39. The summed E-state index contributed by atoms with van der Waals surface area (Å²) in [4.78, 5) is 12.9. The van der Waals surface area contributed by atoms with Crippen LogP contribution in [0.25, 0.3) is 0 Å². The first-order valence-corrected chi connectivity index (χ1v) is 7.14. The van der Waals surface area contributed by atoms with Crippen LogP contribution in [0.4, 0.5) is 5.95 Å². The van der Waals surface area contributed by atoms with Crippen LogP contribution in [0.1, 0.15) is 19.3 Å². The predicted octanol–water partition coefficient (Wildman–Crippen LogP) is 0.980. The van der Waals surface area contributed by atoms with Crippen molar-refractivity contribution in [1.29, 1.82) is 0 Å². The Balaban J connectivity index is 1.75. The lowest BCUT2D eigenvalue weighted by Crippen LogP contribution is -2.33. The molecule has 1 aliphatic carbocycles. The second-order valence-electron chi connectivity index (χ2n) is 5.01. The van der Waals surface area contributed by atoms with Crippen molar-refractivity contribution in [2.45, 2.75) is 30.5 Å². The number of fused-ring (bicyclic) bond motifs is 2. The summed E-state index contributed by atoms with van der Waals surface area (Å²) in [5.74, 6) is 0.888. The average molecular weight is 268 g/mol. The summed E-state index contributed by atoms with van der Waals surface area (Å²) in [5, 5.41) is 17.7. The molecule has 7 heteroatoms. The van der Waals surface area contributed by atoms with E-state index in [2.05, 4.69) is 15.1 Å². The third kappa shape index (κ3) is 1.96. The molecule has 1 saturated carbocycles. The first-order chi connectivity index (χ1) is 8.65. The summed E-state index contributed by atoms with van der Waals surface area (Å²) in [6.45, 7) is 1.07. The highest BCUT2D eigenvalue weighted by molar-refractivity contribution is 7.99. The highest BCUT2D eigenvalue weighted by atomic mass is 32.2. The quantitative estimate of drug-likeness (QED) is 0.821. The molecule has 6 nitrogen and oxygen atoms in total. The van der Waals surface area contributed by atoms with Gasteiger partial charge in [0.2, 0.25) is 5.95 Å². The first kappa shape index (κ1) is 11.8. The third-order valence-corrected chi connectivity index (χ3v) is 4.81. The van der Waals surface area contributed by atoms with Crippen LogP contribution in [0.2, 0.25) is 0 Å². The lowest BCUT2D eigenvalue weighted by atomic mass is 10.1. The number of carboxylic acids is 1. The predicted molar refractivity (Wildman–Crippen MR) is 67.8 cm³/mol. The van der Waals surface area contributed by atoms with Crippen LogP contribution >= 0.6 is 11.8 Å². The number of thioether (sulfide) groups is 1. The number of nitrogens with zero attached hydrogens (tertiary/aromatic N) is 4. The van der Waals surface area contributed by atoms with Gasteiger partial charge in [-0.15, -0.1) is 10.2 Å². The Kier molecular flexibility index (Phi) is 2.93. The van der Waals surface area contributed by atoms with Crippen LogP contribution in [0, 0.1) is 5.92 Å². The number of hydrogen-bond acceptors (Lipinski definition) is 5. The lowest BCUT2D eigenvalue weighted by molar-refractivity contribution is -0.133. The monoisotopic (exact) mass is 268 g/mol. The molecule has 18 heavy (non-hydrogen) atoms. The van der Waals surface area contributed by atoms with Crippen LogP contribution in [0.15, 0.2) is 5.16 Å². The van der Waals surface area contributed by atoms with Crippen molar-refractivity contribution < 1.29 is 9.90 Å². The summed E-state index contributed by atoms with van der Waals surface area (Å²) >= 11 is 1.22. The molecule has 2 fully saturated rings. The topological polar surface area (TPSA) is 71.2 Å². The van der Waals surface area contributed by atoms with Crippen LogP contribution in [-0.4, -0.2) is 44.2 Å². The molecule has 0 radical (unpaired) electrons. The van der Waals surface area contributed by atoms with Gasteiger partial charge in [-0.1, -0.05) is 11.8 Å². The van der Waals surface area contributed by atoms with E-state index in [0.717, 1.165) is 18.4 Å². The molecule has 2 atom stereocenters. The van der Waals surface area contributed by atoms with Crippen LogP contribution < -0.4 is 4.90 Å². The molecule has 0 aromatic carbocycles. The SMILES string of the molecule is Cn1c(SCC(=O)O)nnc1N1CC2CCC1C2. The van der Waals surface area contributed by atoms with Crippen molar-refractivity contribution in [2.24, 2.45) is 13.0 Å². The van der Waals surface area contributed by atoms with Gasteiger partial charge < -0.3 is 10.0 Å². The van der Waals surface area contributed by atoms with Gasteiger partial charge in [-0.25, -0.2) is 0 Å². The molecule has 98 valence electrons. The molecular formula is C11H16N4O2S. The number of anilines is 1. The molecule has 1 aromatic heterocycles. The summed E-state index contributed by atoms with van der Waals surface area (Å²) in [5.41, 5.74) is 0. The Labute approximate surface area is 109 Å². The van der Waals surface area contributed by atoms with E-state index in [9.17, 15) is 4.79 Å². The number of aliphatic carboxylic acids is 1. The molecule has 2 bridgehead atoms. The molecule has 2 aliphatic rings. The third-order valence-electron chi connectivity index (χ3n) is 3.80. The zero-order chi connectivity index (χ0) is 12.7. The number of hydrogen-bond donors (Lipinski definition) is 1. The molecule has 1 aromatic rings. The van der Waals surface area contributed by atoms with Gasteiger partial charge in [0.15, 0.2) is 5.16 Å². The highest BCUT2D eigenvalue weighted by Crippen LogP contribution is 2.39. The Morgan fingerprint density at radius 1 is 1.50 bits per heavy atom. The first-order valence-electron chi connectivity index (χ1n) is 6.15. The molecule has 0 spiro atoms. The van der Waals surface area contributed by atoms with E-state index in [4.69, 9.17) is 5.11 Å². The van der Waals surface area contributed by atoms with Gasteiger partial charge in [0, 0.05) is 19.6 Å². The summed E-state index contributed by atoms with van der Waals surface area (Å²) in [7, 11) is 1.91. The Morgan fingerprint density at radius 3 is 2.94 bits per heavy atom. The molecule has 1 saturated heterocycles. The smallest absolute Gasteiger partial charge is 0.313 e. The largest absolute Gasteiger partial charge is 0.481 e. The minimum Gasteiger partial charge on any atom is -0.481 e. The molecule has 2 unspecified atom stereocenters. The number of rotatable bonds is 4. The van der Waals surface area contributed by atoms with Gasteiger partial charge >= 0.3 is 5.97 Å². The maximum Gasteiger partial charge on any atom is 0.313 e. The van der Waals surface area contributed by atoms with Crippen molar-refractivity contribution in [1.82, 2.24) is 14.8 Å². The normalized spacial score (nSPS) is 25.9. The number of aromatic nitrogens is 3. The molecule has 1 aliphatic heterocycles. The fourth-order valence-electron chi connectivity index (χ4n) is 2.98. The second-order valence-corrected chi connectivity index (χ2v) is 5.95. The van der Waals surface area contributed by atoms with Crippen LogP contribution in [0.3, 0.4) is 0 Å². The fourth-order valence-corrected chi connectivity index (χ4v) is 3.61. The second kappa shape index (κ2) is 4.46. The number of piperidine rings is 1. The average Bonchev–Trinajstić information content (AvgIpc) is 3.01. The van der Waals surface area contributed by atoms with Crippen LogP contribution in [0.5, 0.6) is 0 Å². The van der Waals surface area contributed by atoms with Crippen LogP contribution in [-0.2, 0) is 11.8 Å². The molecule has 0 amide bonds. The van der Waals surface area contributed by atoms with Crippen molar-refractivity contribution in [3.05, 3.63) is 0 Å². The standard InChI is InChI=1S/C11H16N4O2S/c1-14-10(12-13-11(14)18-6-9(16)17)15-5-7-2-3-8(15)4-7/h7-8H,2-6H2,1H3,(H,16,17). The van der Waals surface area contributed by atoms with E-state index in [0.29, 0.717) is 11.2 Å². The maximum atomic E-state index is 10.6. The molecule has 3 rings (SSSR count). The molecular weight excluding hydrogens is 252 g/mol. The minimum atomic E-state index is -0.829. The fraction of sp³-hybridized carbons (Fsp3) is 0.727. The zero-order valence-electron chi connectivity index (χ0n) is 10.2. The summed E-state index contributed by atoms with van der Waals surface area (Å²) < 4.78 is 1.91. The van der Waals surface area contributed by atoms with Crippen molar-refractivity contribution in [3.63, 3.8) is 0 Å². The van der Waals surface area contributed by atoms with Crippen molar-refractivity contribution in [2.75, 3.05) is 17.2 Å². The van der Waals surface area contributed by atoms with Gasteiger partial charge in [0.1, 0.15) is 0 Å². The number of carbonyl (C=O) groups is 1. The summed E-state index contributed by atoms with van der Waals surface area (Å²) in [6, 6.07) is 0.607. The van der Waals surface area contributed by atoms with E-state index in [1.54, 1.807) is 0 Å². The minimum absolute atomic E-state index is 0.0258. The van der Waals surface area contributed by atoms with E-state index in [1.807, 2.05) is 11.6 Å². The number of carboxylic acid groups (broad SMARTS) is 1. The van der Waals surface area contributed by atoms with E-state index in [1.165, 1.54) is 31.0 Å². The van der Waals surface area contributed by atoms with Gasteiger partial charge in [-0.3, -0.25) is 9.36 Å². The Bertz CT molecular complexity index is 476. The van der Waals surface area contributed by atoms with E-state index < -0.39 is 5.97 Å². The Morgan fingerprint density at radius 2 is 2.33 bits per heavy atom. The molecule has 1 N–H and O–H groups in total. The van der Waals surface area contributed by atoms with E-state index in [-0.39, 0.29) is 5.75 Å². The maximum absolute atomic E-state index is 10.6. The van der Waals surface area contributed by atoms with Gasteiger partial charge in [0.05, 0.1) is 5.75 Å². The van der Waals surface area contributed by atoms with Crippen molar-refractivity contribution in [3.8, 4) is 0 Å². The van der Waals surface area contributed by atoms with Gasteiger partial charge in [0.25, 0.3) is 0 Å². The van der Waals surface area contributed by atoms with Gasteiger partial charge in [-0.2, -0.15) is 0 Å². The van der Waals surface area contributed by atoms with E-state index >= 15 is 0 Å². The summed E-state index contributed by atoms with van der Waals surface area (Å²) in [6.07, 6.45) is 3.85. The van der Waals surface area contributed by atoms with Crippen molar-refractivity contribution >= 4 is 23.7 Å². The zero-order valence-corrected chi connectivity index (χ0v) is 11.1. The molecule has 2 heterocycles. The lowest BCUT2D eigenvalue weighted by Gasteiger charge is -2.27.